The van der Waals surface area contributed by atoms with Gasteiger partial charge in [-0.05, 0) is 37.7 Å². The van der Waals surface area contributed by atoms with Gasteiger partial charge in [0, 0.05) is 18.4 Å². The zero-order valence-electron chi connectivity index (χ0n) is 11.1. The molecule has 2 saturated carbocycles. The standard InChI is InChI=1S/C16H21NO2/c18-15(12-8-9-12)17-11-14-7-4-10-16(14,19)13-5-2-1-3-6-13/h1-3,5-6,12,14,19H,4,7-11H2,(H,17,18). The monoisotopic (exact) mass is 259 g/mol. The van der Waals surface area contributed by atoms with Crippen molar-refractivity contribution in [2.75, 3.05) is 6.54 Å². The molecule has 102 valence electrons. The number of amides is 1. The highest BCUT2D eigenvalue weighted by molar-refractivity contribution is 5.80. The molecule has 1 aromatic rings. The first-order valence-electron chi connectivity index (χ1n) is 7.26. The summed E-state index contributed by atoms with van der Waals surface area (Å²) in [4.78, 5) is 11.7. The van der Waals surface area contributed by atoms with Crippen LogP contribution in [-0.2, 0) is 10.4 Å². The third kappa shape index (κ3) is 2.52. The largest absolute Gasteiger partial charge is 0.385 e. The number of hydrogen-bond donors (Lipinski definition) is 2. The van der Waals surface area contributed by atoms with E-state index in [4.69, 9.17) is 0 Å². The van der Waals surface area contributed by atoms with Crippen LogP contribution in [0.4, 0.5) is 0 Å². The van der Waals surface area contributed by atoms with Gasteiger partial charge in [0.1, 0.15) is 0 Å². The van der Waals surface area contributed by atoms with Crippen LogP contribution in [0.25, 0.3) is 0 Å². The van der Waals surface area contributed by atoms with Crippen molar-refractivity contribution in [2.24, 2.45) is 11.8 Å². The Labute approximate surface area is 114 Å². The van der Waals surface area contributed by atoms with E-state index in [0.29, 0.717) is 6.54 Å². The van der Waals surface area contributed by atoms with E-state index in [9.17, 15) is 9.90 Å². The molecule has 3 rings (SSSR count). The lowest BCUT2D eigenvalue weighted by Gasteiger charge is -2.31. The average molecular weight is 259 g/mol. The van der Waals surface area contributed by atoms with Crippen molar-refractivity contribution in [3.63, 3.8) is 0 Å². The molecule has 0 saturated heterocycles. The van der Waals surface area contributed by atoms with Gasteiger partial charge in [0.15, 0.2) is 0 Å². The molecule has 2 unspecified atom stereocenters. The molecule has 0 heterocycles. The zero-order valence-corrected chi connectivity index (χ0v) is 11.1. The van der Waals surface area contributed by atoms with Crippen molar-refractivity contribution in [2.45, 2.75) is 37.7 Å². The minimum atomic E-state index is -0.766. The normalized spacial score (nSPS) is 30.3. The van der Waals surface area contributed by atoms with Gasteiger partial charge < -0.3 is 10.4 Å². The lowest BCUT2D eigenvalue weighted by Crippen LogP contribution is -2.39. The van der Waals surface area contributed by atoms with Crippen LogP contribution < -0.4 is 5.32 Å². The van der Waals surface area contributed by atoms with Crippen LogP contribution in [0.2, 0.25) is 0 Å². The topological polar surface area (TPSA) is 49.3 Å². The summed E-state index contributed by atoms with van der Waals surface area (Å²) in [5, 5.41) is 14.0. The molecule has 0 radical (unpaired) electrons. The van der Waals surface area contributed by atoms with Crippen molar-refractivity contribution < 1.29 is 9.90 Å². The summed E-state index contributed by atoms with van der Waals surface area (Å²) in [6.07, 6.45) is 4.85. The van der Waals surface area contributed by atoms with E-state index in [-0.39, 0.29) is 17.7 Å². The van der Waals surface area contributed by atoms with Crippen LogP contribution in [0.15, 0.2) is 30.3 Å². The second-order valence-electron chi connectivity index (χ2n) is 5.90. The molecule has 2 aliphatic rings. The van der Waals surface area contributed by atoms with E-state index in [1.54, 1.807) is 0 Å². The van der Waals surface area contributed by atoms with Crippen molar-refractivity contribution in [1.82, 2.24) is 5.32 Å². The minimum absolute atomic E-state index is 0.137. The fourth-order valence-electron chi connectivity index (χ4n) is 3.15. The highest BCUT2D eigenvalue weighted by Gasteiger charge is 2.42. The van der Waals surface area contributed by atoms with Gasteiger partial charge in [-0.25, -0.2) is 0 Å². The lowest BCUT2D eigenvalue weighted by atomic mass is 9.84. The van der Waals surface area contributed by atoms with Crippen molar-refractivity contribution in [3.8, 4) is 0 Å². The van der Waals surface area contributed by atoms with Gasteiger partial charge in [0.05, 0.1) is 5.60 Å². The third-order valence-electron chi connectivity index (χ3n) is 4.53. The maximum absolute atomic E-state index is 11.7. The fraction of sp³-hybridized carbons (Fsp3) is 0.562. The number of rotatable bonds is 4. The molecule has 3 nitrogen and oxygen atoms in total. The maximum Gasteiger partial charge on any atom is 0.223 e. The molecule has 0 bridgehead atoms. The van der Waals surface area contributed by atoms with E-state index in [1.807, 2.05) is 30.3 Å². The van der Waals surface area contributed by atoms with Gasteiger partial charge in [0.25, 0.3) is 0 Å². The highest BCUT2D eigenvalue weighted by atomic mass is 16.3. The Morgan fingerprint density at radius 2 is 2.00 bits per heavy atom. The van der Waals surface area contributed by atoms with Crippen molar-refractivity contribution in [3.05, 3.63) is 35.9 Å². The molecule has 1 amide bonds. The highest BCUT2D eigenvalue weighted by Crippen LogP contribution is 2.43. The fourth-order valence-corrected chi connectivity index (χ4v) is 3.15. The SMILES string of the molecule is O=C(NCC1CCCC1(O)c1ccccc1)C1CC1. The van der Waals surface area contributed by atoms with Crippen molar-refractivity contribution in [1.29, 1.82) is 0 Å². The van der Waals surface area contributed by atoms with E-state index in [1.165, 1.54) is 0 Å². The maximum atomic E-state index is 11.7. The molecule has 0 spiro atoms. The Morgan fingerprint density at radius 1 is 1.26 bits per heavy atom. The van der Waals surface area contributed by atoms with E-state index in [2.05, 4.69) is 5.32 Å². The summed E-state index contributed by atoms with van der Waals surface area (Å²) < 4.78 is 0. The first kappa shape index (κ1) is 12.7. The molecule has 19 heavy (non-hydrogen) atoms. The van der Waals surface area contributed by atoms with E-state index < -0.39 is 5.60 Å². The second-order valence-corrected chi connectivity index (χ2v) is 5.90. The Morgan fingerprint density at radius 3 is 2.68 bits per heavy atom. The number of hydrogen-bond acceptors (Lipinski definition) is 2. The molecule has 3 heteroatoms. The van der Waals surface area contributed by atoms with Gasteiger partial charge in [0.2, 0.25) is 5.91 Å². The van der Waals surface area contributed by atoms with Gasteiger partial charge in [-0.1, -0.05) is 30.3 Å². The van der Waals surface area contributed by atoms with Gasteiger partial charge >= 0.3 is 0 Å². The van der Waals surface area contributed by atoms with E-state index >= 15 is 0 Å². The predicted molar refractivity (Wildman–Crippen MR) is 73.4 cm³/mol. The molecule has 2 aliphatic carbocycles. The molecule has 2 fully saturated rings. The quantitative estimate of drug-likeness (QED) is 0.871. The minimum Gasteiger partial charge on any atom is -0.385 e. The summed E-state index contributed by atoms with van der Waals surface area (Å²) in [5.74, 6) is 0.547. The first-order chi connectivity index (χ1) is 9.20. The molecular formula is C16H21NO2. The van der Waals surface area contributed by atoms with Crippen LogP contribution in [0, 0.1) is 11.8 Å². The number of nitrogens with one attached hydrogen (secondary N) is 1. The number of carbonyl (C=O) groups excluding carboxylic acids is 1. The summed E-state index contributed by atoms with van der Waals surface area (Å²) in [7, 11) is 0. The third-order valence-corrected chi connectivity index (χ3v) is 4.53. The molecule has 0 aromatic heterocycles. The zero-order chi connectivity index (χ0) is 13.3. The Kier molecular flexibility index (Phi) is 3.31. The van der Waals surface area contributed by atoms with E-state index in [0.717, 1.165) is 37.7 Å². The van der Waals surface area contributed by atoms with Gasteiger partial charge in [-0.15, -0.1) is 0 Å². The number of carbonyl (C=O) groups is 1. The Bertz CT molecular complexity index is 455. The predicted octanol–water partition coefficient (Wildman–Crippen LogP) is 2.20. The number of benzene rings is 1. The summed E-state index contributed by atoms with van der Waals surface area (Å²) in [5.41, 5.74) is 0.219. The summed E-state index contributed by atoms with van der Waals surface area (Å²) in [6.45, 7) is 0.598. The number of aliphatic hydroxyl groups is 1. The van der Waals surface area contributed by atoms with Crippen LogP contribution in [0.3, 0.4) is 0 Å². The molecule has 2 N–H and O–H groups in total. The van der Waals surface area contributed by atoms with Gasteiger partial charge in [-0.2, -0.15) is 0 Å². The van der Waals surface area contributed by atoms with Crippen LogP contribution >= 0.6 is 0 Å². The lowest BCUT2D eigenvalue weighted by molar-refractivity contribution is -0.122. The van der Waals surface area contributed by atoms with Crippen LogP contribution in [-0.4, -0.2) is 17.6 Å². The van der Waals surface area contributed by atoms with Crippen molar-refractivity contribution >= 4 is 5.91 Å². The first-order valence-corrected chi connectivity index (χ1v) is 7.26. The van der Waals surface area contributed by atoms with Gasteiger partial charge in [-0.3, -0.25) is 4.79 Å². The molecule has 0 aliphatic heterocycles. The molecule has 1 aromatic carbocycles. The van der Waals surface area contributed by atoms with Crippen LogP contribution in [0.1, 0.15) is 37.7 Å². The Hall–Kier alpha value is -1.35. The smallest absolute Gasteiger partial charge is 0.223 e. The Balaban J connectivity index is 1.68. The molecule has 2 atom stereocenters. The second kappa shape index (κ2) is 4.97. The molecular weight excluding hydrogens is 238 g/mol. The summed E-state index contributed by atoms with van der Waals surface area (Å²) >= 11 is 0. The summed E-state index contributed by atoms with van der Waals surface area (Å²) in [6, 6.07) is 9.87. The average Bonchev–Trinajstić information content (AvgIpc) is 3.22. The van der Waals surface area contributed by atoms with Crippen LogP contribution in [0.5, 0.6) is 0 Å².